The normalized spacial score (nSPS) is 12.1. The molecule has 16 rings (SSSR count). The Balaban J connectivity index is 0.879. The van der Waals surface area contributed by atoms with Crippen LogP contribution in [-0.2, 0) is 0 Å². The van der Waals surface area contributed by atoms with E-state index in [1.54, 1.807) is 0 Å². The molecule has 4 aromatic heterocycles. The molecule has 4 heterocycles. The van der Waals surface area contributed by atoms with Crippen molar-refractivity contribution in [2.24, 2.45) is 0 Å². The Morgan fingerprint density at radius 3 is 1.32 bits per heavy atom. The molecule has 0 aliphatic heterocycles. The Bertz CT molecular complexity index is 5050. The molecule has 0 spiro atoms. The first-order valence-corrected chi connectivity index (χ1v) is 25.8. The van der Waals surface area contributed by atoms with Crippen molar-refractivity contribution in [3.63, 3.8) is 0 Å². The fraction of sp³-hybridized carbons (Fsp3) is 0.0286. The number of benzene rings is 12. The Morgan fingerprint density at radius 2 is 0.737 bits per heavy atom. The molecule has 0 amide bonds. The zero-order valence-electron chi connectivity index (χ0n) is 41.5. The number of hydrogen-bond acceptors (Lipinski definition) is 6. The number of hydrogen-bond donors (Lipinski definition) is 0. The highest BCUT2D eigenvalue weighted by Crippen LogP contribution is 2.49. The lowest BCUT2D eigenvalue weighted by Crippen LogP contribution is -2.11. The maximum absolute atomic E-state index is 7.12. The van der Waals surface area contributed by atoms with Crippen LogP contribution in [0.2, 0.25) is 0 Å². The Morgan fingerprint density at radius 1 is 0.276 bits per heavy atom. The lowest BCUT2D eigenvalue weighted by molar-refractivity contribution is 0.634. The van der Waals surface area contributed by atoms with Crippen LogP contribution in [0.1, 0.15) is 11.1 Å². The van der Waals surface area contributed by atoms with Gasteiger partial charge in [-0.2, -0.15) is 0 Å². The molecule has 16 aromatic rings. The molecule has 0 bridgehead atoms. The second-order valence-corrected chi connectivity index (χ2v) is 20.1. The van der Waals surface area contributed by atoms with E-state index in [2.05, 4.69) is 230 Å². The van der Waals surface area contributed by atoms with Gasteiger partial charge in [0.1, 0.15) is 22.3 Å². The number of nitrogens with zero attached hydrogens (tertiary/aromatic N) is 2. The molecule has 0 aliphatic carbocycles. The fourth-order valence-electron chi connectivity index (χ4n) is 12.0. The van der Waals surface area contributed by atoms with E-state index in [0.717, 1.165) is 166 Å². The molecule has 0 N–H and O–H groups in total. The number of para-hydroxylation sites is 6. The third-order valence-corrected chi connectivity index (χ3v) is 15.6. The maximum Gasteiger partial charge on any atom is 0.179 e. The summed E-state index contributed by atoms with van der Waals surface area (Å²) in [6.07, 6.45) is 0. The summed E-state index contributed by atoms with van der Waals surface area (Å²) in [5.74, 6) is 0. The highest BCUT2D eigenvalue weighted by Gasteiger charge is 2.26. The van der Waals surface area contributed by atoms with Crippen LogP contribution in [-0.4, -0.2) is 0 Å². The molecule has 0 atom stereocenters. The first-order chi connectivity index (χ1) is 37.5. The average Bonchev–Trinajstić information content (AvgIpc) is 4.29. The monoisotopic (exact) mass is 976 g/mol. The number of anilines is 6. The van der Waals surface area contributed by atoms with E-state index in [-0.39, 0.29) is 0 Å². The van der Waals surface area contributed by atoms with Gasteiger partial charge < -0.3 is 27.5 Å². The lowest BCUT2D eigenvalue weighted by Gasteiger charge is -2.27. The average molecular weight is 977 g/mol. The molecule has 0 unspecified atom stereocenters. The summed E-state index contributed by atoms with van der Waals surface area (Å²) in [6.45, 7) is 4.32. The summed E-state index contributed by atoms with van der Waals surface area (Å²) in [6, 6.07) is 81.7. The van der Waals surface area contributed by atoms with Gasteiger partial charge in [0, 0.05) is 65.8 Å². The van der Waals surface area contributed by atoms with Crippen molar-refractivity contribution in [3.8, 4) is 11.1 Å². The highest BCUT2D eigenvalue weighted by molar-refractivity contribution is 6.26. The van der Waals surface area contributed by atoms with Crippen molar-refractivity contribution in [2.75, 3.05) is 9.80 Å². The van der Waals surface area contributed by atoms with Gasteiger partial charge in [-0.05, 0) is 149 Å². The minimum atomic E-state index is 0.726. The Kier molecular flexibility index (Phi) is 9.07. The Hall–Kier alpha value is -10.0. The van der Waals surface area contributed by atoms with Gasteiger partial charge in [-0.15, -0.1) is 0 Å². The van der Waals surface area contributed by atoms with Gasteiger partial charge in [0.2, 0.25) is 0 Å². The van der Waals surface area contributed by atoms with Crippen LogP contribution >= 0.6 is 0 Å². The Labute approximate surface area is 435 Å². The second kappa shape index (κ2) is 16.2. The molecule has 6 heteroatoms. The molecule has 12 aromatic carbocycles. The molecule has 0 saturated carbocycles. The molecule has 0 fully saturated rings. The SMILES string of the molecule is Cc1ccccc1N(c1ccc2cc3c(cc2c1)oc1c3cc(-c2ccccc2)c2c3cc4ccc(N(c5ccccc5C)c5cccc6c5oc5ccccc56)cc4cc3oc12)c1cccc2c1oc1ccccc12. The number of rotatable bonds is 7. The van der Waals surface area contributed by atoms with Crippen LogP contribution in [0, 0.1) is 13.8 Å². The molecular weight excluding hydrogens is 933 g/mol. The van der Waals surface area contributed by atoms with Crippen molar-refractivity contribution in [1.82, 2.24) is 0 Å². The molecule has 0 radical (unpaired) electrons. The van der Waals surface area contributed by atoms with Crippen LogP contribution in [0.5, 0.6) is 0 Å². The van der Waals surface area contributed by atoms with E-state index in [1.807, 2.05) is 24.3 Å². The van der Waals surface area contributed by atoms with Crippen molar-refractivity contribution in [1.29, 1.82) is 0 Å². The van der Waals surface area contributed by atoms with Crippen LogP contribution in [0.25, 0.3) is 120 Å². The van der Waals surface area contributed by atoms with Crippen molar-refractivity contribution in [2.45, 2.75) is 13.8 Å². The smallest absolute Gasteiger partial charge is 0.179 e. The third-order valence-electron chi connectivity index (χ3n) is 15.6. The summed E-state index contributed by atoms with van der Waals surface area (Å²) in [5, 5.41) is 12.8. The first-order valence-electron chi connectivity index (χ1n) is 25.8. The quantitative estimate of drug-likeness (QED) is 0.159. The zero-order chi connectivity index (χ0) is 50.2. The number of furan rings is 4. The summed E-state index contributed by atoms with van der Waals surface area (Å²) < 4.78 is 27.5. The van der Waals surface area contributed by atoms with Crippen LogP contribution in [0.4, 0.5) is 34.1 Å². The van der Waals surface area contributed by atoms with Gasteiger partial charge in [-0.1, -0.05) is 140 Å². The summed E-state index contributed by atoms with van der Waals surface area (Å²) in [7, 11) is 0. The minimum Gasteiger partial charge on any atom is -0.454 e. The van der Waals surface area contributed by atoms with Gasteiger partial charge in [0.25, 0.3) is 0 Å². The van der Waals surface area contributed by atoms with Gasteiger partial charge in [-0.25, -0.2) is 0 Å². The molecule has 6 nitrogen and oxygen atoms in total. The van der Waals surface area contributed by atoms with E-state index in [0.29, 0.717) is 0 Å². The third kappa shape index (κ3) is 6.34. The second-order valence-electron chi connectivity index (χ2n) is 20.1. The van der Waals surface area contributed by atoms with Crippen LogP contribution in [0.3, 0.4) is 0 Å². The number of fused-ring (bicyclic) bond motifs is 15. The largest absolute Gasteiger partial charge is 0.454 e. The van der Waals surface area contributed by atoms with Crippen LogP contribution in [0.15, 0.2) is 248 Å². The van der Waals surface area contributed by atoms with E-state index in [1.165, 1.54) is 0 Å². The molecule has 76 heavy (non-hydrogen) atoms. The van der Waals surface area contributed by atoms with Gasteiger partial charge in [0.15, 0.2) is 22.3 Å². The predicted octanol–water partition coefficient (Wildman–Crippen LogP) is 20.8. The van der Waals surface area contributed by atoms with Gasteiger partial charge >= 0.3 is 0 Å². The maximum atomic E-state index is 7.12. The molecule has 0 saturated heterocycles. The van der Waals surface area contributed by atoms with E-state index < -0.39 is 0 Å². The molecular formula is C70H44N2O4. The van der Waals surface area contributed by atoms with Crippen LogP contribution < -0.4 is 9.80 Å². The van der Waals surface area contributed by atoms with Crippen molar-refractivity contribution < 1.29 is 17.7 Å². The lowest BCUT2D eigenvalue weighted by atomic mass is 9.95. The van der Waals surface area contributed by atoms with E-state index in [4.69, 9.17) is 17.7 Å². The number of aryl methyl sites for hydroxylation is 2. The fourth-order valence-corrected chi connectivity index (χ4v) is 12.0. The summed E-state index contributed by atoms with van der Waals surface area (Å²) in [4.78, 5) is 4.64. The first kappa shape index (κ1) is 42.5. The highest BCUT2D eigenvalue weighted by atomic mass is 16.4. The van der Waals surface area contributed by atoms with Crippen molar-refractivity contribution in [3.05, 3.63) is 242 Å². The summed E-state index contributed by atoms with van der Waals surface area (Å²) >= 11 is 0. The van der Waals surface area contributed by atoms with Gasteiger partial charge in [0.05, 0.1) is 11.4 Å². The van der Waals surface area contributed by atoms with Crippen molar-refractivity contribution >= 4 is 143 Å². The van der Waals surface area contributed by atoms with Gasteiger partial charge in [-0.3, -0.25) is 0 Å². The van der Waals surface area contributed by atoms with E-state index >= 15 is 0 Å². The standard InChI is InChI=1S/C70H44N2O4/c1-41-16-6-10-24-58(41)71(60-26-14-22-52-50-20-8-12-28-62(50)73-67(52)60)48-32-30-44-36-55-56-40-54(43-18-4-3-5-19-43)66-57-37-45-31-33-49(35-47(45)39-65(57)76-70(66)69(56)75-64(55)38-46(44)34-48)72(59-25-11-7-17-42(59)2)61-27-15-23-53-51-21-9-13-29-63(51)74-68(53)61/h3-40H,1-2H3. The molecule has 0 aliphatic rings. The topological polar surface area (TPSA) is 59.0 Å². The van der Waals surface area contributed by atoms with E-state index in [9.17, 15) is 0 Å². The zero-order valence-corrected chi connectivity index (χ0v) is 41.5. The minimum absolute atomic E-state index is 0.726. The molecule has 358 valence electrons. The summed E-state index contributed by atoms with van der Waals surface area (Å²) in [5.41, 5.74) is 17.1. The predicted molar refractivity (Wildman–Crippen MR) is 315 cm³/mol.